The van der Waals surface area contributed by atoms with E-state index in [-0.39, 0.29) is 5.60 Å². The molecule has 0 aromatic carbocycles. The Morgan fingerprint density at radius 1 is 1.54 bits per heavy atom. The predicted octanol–water partition coefficient (Wildman–Crippen LogP) is 0.753. The molecule has 1 unspecified atom stereocenters. The van der Waals surface area contributed by atoms with Crippen LogP contribution in [0.3, 0.4) is 0 Å². The molecule has 2 N–H and O–H groups in total. The fourth-order valence-corrected chi connectivity index (χ4v) is 1.49. The van der Waals surface area contributed by atoms with Crippen LogP contribution in [0.15, 0.2) is 0 Å². The van der Waals surface area contributed by atoms with Crippen molar-refractivity contribution in [3.8, 4) is 0 Å². The van der Waals surface area contributed by atoms with Gasteiger partial charge >= 0.3 is 0 Å². The molecule has 1 aliphatic heterocycles. The van der Waals surface area contributed by atoms with E-state index in [4.69, 9.17) is 4.74 Å². The second kappa shape index (κ2) is 4.94. The average molecular weight is 186 g/mol. The van der Waals surface area contributed by atoms with Gasteiger partial charge in [0.1, 0.15) is 0 Å². The molecule has 3 nitrogen and oxygen atoms in total. The Morgan fingerprint density at radius 2 is 2.31 bits per heavy atom. The van der Waals surface area contributed by atoms with Crippen LogP contribution in [0.2, 0.25) is 0 Å². The van der Waals surface area contributed by atoms with E-state index in [0.717, 1.165) is 13.1 Å². The zero-order valence-corrected chi connectivity index (χ0v) is 9.02. The molecule has 3 heteroatoms. The maximum atomic E-state index is 5.35. The Morgan fingerprint density at radius 3 is 2.85 bits per heavy atom. The molecule has 13 heavy (non-hydrogen) atoms. The Hall–Kier alpha value is -0.120. The summed E-state index contributed by atoms with van der Waals surface area (Å²) in [5.41, 5.74) is -0.0442. The summed E-state index contributed by atoms with van der Waals surface area (Å²) in [6.07, 6.45) is 2.57. The van der Waals surface area contributed by atoms with Crippen LogP contribution in [0, 0.1) is 0 Å². The molecule has 0 amide bonds. The second-order valence-corrected chi connectivity index (χ2v) is 4.39. The van der Waals surface area contributed by atoms with Crippen molar-refractivity contribution in [2.75, 3.05) is 26.7 Å². The Labute approximate surface area is 81.2 Å². The van der Waals surface area contributed by atoms with Gasteiger partial charge in [-0.3, -0.25) is 0 Å². The lowest BCUT2D eigenvalue weighted by molar-refractivity contribution is 0.0204. The number of hydrogen-bond donors (Lipinski definition) is 2. The van der Waals surface area contributed by atoms with Gasteiger partial charge in [-0.15, -0.1) is 0 Å². The van der Waals surface area contributed by atoms with E-state index >= 15 is 0 Å². The number of nitrogens with one attached hydrogen (secondary N) is 2. The van der Waals surface area contributed by atoms with Crippen LogP contribution in [-0.4, -0.2) is 38.4 Å². The third kappa shape index (κ3) is 4.07. The van der Waals surface area contributed by atoms with Gasteiger partial charge in [-0.05, 0) is 33.2 Å². The van der Waals surface area contributed by atoms with Gasteiger partial charge in [-0.2, -0.15) is 0 Å². The molecule has 1 fully saturated rings. The van der Waals surface area contributed by atoms with Crippen molar-refractivity contribution in [2.45, 2.75) is 38.3 Å². The standard InChI is InChI=1S/C10H22N2O/c1-10(2,13-3)8-12-9-5-4-6-11-7-9/h9,11-12H,4-8H2,1-3H3. The summed E-state index contributed by atoms with van der Waals surface area (Å²) in [6.45, 7) is 7.41. The van der Waals surface area contributed by atoms with Gasteiger partial charge in [-0.1, -0.05) is 0 Å². The molecule has 1 atom stereocenters. The number of ether oxygens (including phenoxy) is 1. The maximum absolute atomic E-state index is 5.35. The van der Waals surface area contributed by atoms with E-state index in [1.165, 1.54) is 19.4 Å². The maximum Gasteiger partial charge on any atom is 0.0746 e. The zero-order chi connectivity index (χ0) is 9.73. The predicted molar refractivity (Wildman–Crippen MR) is 55.0 cm³/mol. The molecule has 1 aliphatic rings. The molecule has 0 aliphatic carbocycles. The van der Waals surface area contributed by atoms with E-state index < -0.39 is 0 Å². The lowest BCUT2D eigenvalue weighted by atomic mass is 10.1. The summed E-state index contributed by atoms with van der Waals surface area (Å²) in [7, 11) is 1.76. The third-order valence-electron chi connectivity index (χ3n) is 2.67. The molecule has 1 rings (SSSR count). The highest BCUT2D eigenvalue weighted by Crippen LogP contribution is 2.07. The van der Waals surface area contributed by atoms with Crippen molar-refractivity contribution < 1.29 is 4.74 Å². The third-order valence-corrected chi connectivity index (χ3v) is 2.67. The summed E-state index contributed by atoms with van der Waals surface area (Å²) < 4.78 is 5.35. The second-order valence-electron chi connectivity index (χ2n) is 4.39. The van der Waals surface area contributed by atoms with Crippen LogP contribution in [0.5, 0.6) is 0 Å². The Kier molecular flexibility index (Phi) is 4.16. The van der Waals surface area contributed by atoms with Gasteiger partial charge in [0.2, 0.25) is 0 Å². The number of methoxy groups -OCH3 is 1. The molecule has 0 aromatic rings. The Balaban J connectivity index is 2.17. The number of hydrogen-bond acceptors (Lipinski definition) is 3. The van der Waals surface area contributed by atoms with E-state index in [0.29, 0.717) is 6.04 Å². The van der Waals surface area contributed by atoms with E-state index in [9.17, 15) is 0 Å². The largest absolute Gasteiger partial charge is 0.377 e. The smallest absolute Gasteiger partial charge is 0.0746 e. The van der Waals surface area contributed by atoms with Crippen LogP contribution < -0.4 is 10.6 Å². The van der Waals surface area contributed by atoms with Crippen molar-refractivity contribution >= 4 is 0 Å². The van der Waals surface area contributed by atoms with E-state index in [2.05, 4.69) is 24.5 Å². The average Bonchev–Trinajstić information content (AvgIpc) is 2.17. The summed E-state index contributed by atoms with van der Waals surface area (Å²) >= 11 is 0. The minimum absolute atomic E-state index is 0.0442. The lowest BCUT2D eigenvalue weighted by Gasteiger charge is -2.29. The van der Waals surface area contributed by atoms with Crippen molar-refractivity contribution in [3.05, 3.63) is 0 Å². The first-order valence-electron chi connectivity index (χ1n) is 5.13. The van der Waals surface area contributed by atoms with Crippen molar-refractivity contribution in [3.63, 3.8) is 0 Å². The molecular weight excluding hydrogens is 164 g/mol. The first kappa shape index (κ1) is 11.0. The minimum atomic E-state index is -0.0442. The van der Waals surface area contributed by atoms with Crippen LogP contribution in [0.4, 0.5) is 0 Å². The molecule has 1 heterocycles. The SMILES string of the molecule is COC(C)(C)CNC1CCCNC1. The molecular formula is C10H22N2O. The van der Waals surface area contributed by atoms with Gasteiger partial charge in [0.25, 0.3) is 0 Å². The molecule has 0 saturated carbocycles. The summed E-state index contributed by atoms with van der Waals surface area (Å²) in [5.74, 6) is 0. The highest BCUT2D eigenvalue weighted by molar-refractivity contribution is 4.79. The first-order chi connectivity index (χ1) is 6.14. The van der Waals surface area contributed by atoms with E-state index in [1.54, 1.807) is 7.11 Å². The lowest BCUT2D eigenvalue weighted by Crippen LogP contribution is -2.48. The van der Waals surface area contributed by atoms with Crippen molar-refractivity contribution in [1.82, 2.24) is 10.6 Å². The first-order valence-corrected chi connectivity index (χ1v) is 5.13. The molecule has 1 saturated heterocycles. The Bertz CT molecular complexity index is 142. The van der Waals surface area contributed by atoms with Crippen LogP contribution >= 0.6 is 0 Å². The monoisotopic (exact) mass is 186 g/mol. The van der Waals surface area contributed by atoms with Gasteiger partial charge < -0.3 is 15.4 Å². The zero-order valence-electron chi connectivity index (χ0n) is 9.02. The fourth-order valence-electron chi connectivity index (χ4n) is 1.49. The molecule has 0 spiro atoms. The fraction of sp³-hybridized carbons (Fsp3) is 1.00. The van der Waals surface area contributed by atoms with Crippen molar-refractivity contribution in [2.24, 2.45) is 0 Å². The van der Waals surface area contributed by atoms with Crippen molar-refractivity contribution in [1.29, 1.82) is 0 Å². The van der Waals surface area contributed by atoms with Crippen LogP contribution in [-0.2, 0) is 4.74 Å². The number of piperidine rings is 1. The molecule has 0 aromatic heterocycles. The summed E-state index contributed by atoms with van der Waals surface area (Å²) in [4.78, 5) is 0. The molecule has 78 valence electrons. The topological polar surface area (TPSA) is 33.3 Å². The van der Waals surface area contributed by atoms with Crippen LogP contribution in [0.1, 0.15) is 26.7 Å². The normalized spacial score (nSPS) is 24.7. The van der Waals surface area contributed by atoms with Gasteiger partial charge in [0, 0.05) is 26.2 Å². The quantitative estimate of drug-likeness (QED) is 0.680. The van der Waals surface area contributed by atoms with E-state index in [1.807, 2.05) is 0 Å². The van der Waals surface area contributed by atoms with Gasteiger partial charge in [-0.25, -0.2) is 0 Å². The number of rotatable bonds is 4. The summed E-state index contributed by atoms with van der Waals surface area (Å²) in [6, 6.07) is 0.628. The van der Waals surface area contributed by atoms with Gasteiger partial charge in [0.05, 0.1) is 5.60 Å². The van der Waals surface area contributed by atoms with Crippen LogP contribution in [0.25, 0.3) is 0 Å². The minimum Gasteiger partial charge on any atom is -0.377 e. The highest BCUT2D eigenvalue weighted by Gasteiger charge is 2.19. The molecule has 0 bridgehead atoms. The highest BCUT2D eigenvalue weighted by atomic mass is 16.5. The summed E-state index contributed by atoms with van der Waals surface area (Å²) in [5, 5.41) is 6.91. The molecule has 0 radical (unpaired) electrons. The van der Waals surface area contributed by atoms with Gasteiger partial charge in [0.15, 0.2) is 0 Å².